The molecule has 30 heavy (non-hydrogen) atoms. The van der Waals surface area contributed by atoms with Gasteiger partial charge in [0.2, 0.25) is 5.60 Å². The van der Waals surface area contributed by atoms with Gasteiger partial charge in [-0.3, -0.25) is 9.59 Å². The van der Waals surface area contributed by atoms with Crippen LogP contribution >= 0.6 is 11.6 Å². The smallest absolute Gasteiger partial charge is 0.270 e. The van der Waals surface area contributed by atoms with Crippen molar-refractivity contribution in [1.82, 2.24) is 15.6 Å². The maximum absolute atomic E-state index is 13.0. The Kier molecular flexibility index (Phi) is 7.10. The summed E-state index contributed by atoms with van der Waals surface area (Å²) in [6.07, 6.45) is 1.14. The Labute approximate surface area is 181 Å². The van der Waals surface area contributed by atoms with Crippen molar-refractivity contribution in [1.29, 1.82) is 0 Å². The number of nitrogens with zero attached hydrogens (tertiary/aromatic N) is 2. The van der Waals surface area contributed by atoms with Crippen molar-refractivity contribution >= 4 is 37.0 Å². The summed E-state index contributed by atoms with van der Waals surface area (Å²) in [5, 5.41) is 9.82. The van der Waals surface area contributed by atoms with Gasteiger partial charge in [-0.2, -0.15) is 0 Å². The number of hydrogen-bond acceptors (Lipinski definition) is 5. The van der Waals surface area contributed by atoms with E-state index in [9.17, 15) is 9.59 Å². The number of amides is 2. The highest BCUT2D eigenvalue weighted by Gasteiger charge is 2.46. The molecule has 0 aliphatic carbocycles. The predicted molar refractivity (Wildman–Crippen MR) is 116 cm³/mol. The van der Waals surface area contributed by atoms with Crippen molar-refractivity contribution in [3.8, 4) is 0 Å². The molecular weight excluding hydrogens is 403 g/mol. The number of nitrogens with one attached hydrogen (secondary N) is 2. The molecule has 9 heteroatoms. The summed E-state index contributed by atoms with van der Waals surface area (Å²) in [6.45, 7) is 2.00. The fraction of sp³-hybridized carbons (Fsp3) is 0.333. The van der Waals surface area contributed by atoms with Crippen LogP contribution in [0, 0.1) is 0 Å². The Morgan fingerprint density at radius 3 is 2.70 bits per heavy atom. The Hall–Kier alpha value is -2.87. The normalized spacial score (nSPS) is 18.8. The average Bonchev–Trinajstić information content (AvgIpc) is 3.16. The van der Waals surface area contributed by atoms with Crippen molar-refractivity contribution in [2.75, 3.05) is 6.54 Å². The zero-order valence-corrected chi connectivity index (χ0v) is 17.4. The Bertz CT molecular complexity index is 941. The van der Waals surface area contributed by atoms with Gasteiger partial charge in [-0.05, 0) is 30.1 Å². The van der Waals surface area contributed by atoms with E-state index >= 15 is 0 Å². The highest BCUT2D eigenvalue weighted by Crippen LogP contribution is 2.29. The first kappa shape index (κ1) is 21.8. The summed E-state index contributed by atoms with van der Waals surface area (Å²) in [5.74, 6) is -1.20. The first-order valence-corrected chi connectivity index (χ1v) is 10.0. The third-order valence-electron chi connectivity index (χ3n) is 4.74. The van der Waals surface area contributed by atoms with E-state index in [0.29, 0.717) is 18.6 Å². The molecule has 2 heterocycles. The minimum atomic E-state index is -1.22. The first-order valence-electron chi connectivity index (χ1n) is 9.67. The summed E-state index contributed by atoms with van der Waals surface area (Å²) in [7, 11) is 5.90. The van der Waals surface area contributed by atoms with Crippen LogP contribution in [0.15, 0.2) is 53.7 Å². The standard InChI is InChI=1S/C21H22BClN4O3/c1-2-17(22)26-20(29)21(11-14-7-4-3-5-8-14)12-15(27-30-21)13-24-19(28)16-9-6-10-18(23)25-16/h3-10,17H,2,11-13H2,1H3,(H,24,28)(H,26,29)/t17-,21?/m0/s1. The monoisotopic (exact) mass is 424 g/mol. The lowest BCUT2D eigenvalue weighted by molar-refractivity contribution is -0.144. The third-order valence-corrected chi connectivity index (χ3v) is 4.95. The number of benzene rings is 1. The van der Waals surface area contributed by atoms with Gasteiger partial charge >= 0.3 is 0 Å². The van der Waals surface area contributed by atoms with E-state index in [-0.39, 0.29) is 29.7 Å². The molecule has 2 N–H and O–H groups in total. The molecule has 1 aromatic heterocycles. The molecule has 0 bridgehead atoms. The lowest BCUT2D eigenvalue weighted by atomic mass is 9.86. The molecule has 1 aliphatic rings. The fourth-order valence-electron chi connectivity index (χ4n) is 3.07. The Morgan fingerprint density at radius 1 is 1.23 bits per heavy atom. The van der Waals surface area contributed by atoms with E-state index < -0.39 is 17.4 Å². The summed E-state index contributed by atoms with van der Waals surface area (Å²) in [5.41, 5.74) is 0.453. The third kappa shape index (κ3) is 5.39. The molecule has 2 aromatic rings. The van der Waals surface area contributed by atoms with Gasteiger partial charge in [0, 0.05) is 12.8 Å². The number of halogens is 1. The van der Waals surface area contributed by atoms with Crippen LogP contribution in [0.5, 0.6) is 0 Å². The highest BCUT2D eigenvalue weighted by atomic mass is 35.5. The number of carbonyl (C=O) groups excluding carboxylic acids is 2. The molecule has 2 atom stereocenters. The molecule has 0 saturated heterocycles. The molecule has 7 nitrogen and oxygen atoms in total. The zero-order chi connectivity index (χ0) is 21.6. The van der Waals surface area contributed by atoms with Crippen LogP contribution in [0.2, 0.25) is 5.15 Å². The summed E-state index contributed by atoms with van der Waals surface area (Å²) in [4.78, 5) is 34.9. The van der Waals surface area contributed by atoms with Crippen LogP contribution in [0.4, 0.5) is 0 Å². The quantitative estimate of drug-likeness (QED) is 0.502. The Balaban J connectivity index is 1.68. The van der Waals surface area contributed by atoms with Crippen LogP contribution in [0.1, 0.15) is 35.8 Å². The number of rotatable bonds is 8. The number of pyridine rings is 1. The largest absolute Gasteiger partial charge is 0.378 e. The topological polar surface area (TPSA) is 92.7 Å². The van der Waals surface area contributed by atoms with Crippen LogP contribution in [-0.4, -0.2) is 48.4 Å². The van der Waals surface area contributed by atoms with E-state index in [1.807, 2.05) is 37.3 Å². The summed E-state index contributed by atoms with van der Waals surface area (Å²) in [6, 6.07) is 14.3. The van der Waals surface area contributed by atoms with Crippen molar-refractivity contribution in [2.24, 2.45) is 5.16 Å². The molecule has 3 rings (SSSR count). The fourth-order valence-corrected chi connectivity index (χ4v) is 3.24. The van der Waals surface area contributed by atoms with E-state index in [1.165, 1.54) is 0 Å². The van der Waals surface area contributed by atoms with Gasteiger partial charge < -0.3 is 15.5 Å². The van der Waals surface area contributed by atoms with E-state index in [1.54, 1.807) is 18.2 Å². The van der Waals surface area contributed by atoms with E-state index in [2.05, 4.69) is 20.8 Å². The maximum Gasteiger partial charge on any atom is 0.270 e. The second kappa shape index (κ2) is 9.76. The van der Waals surface area contributed by atoms with Gasteiger partial charge in [0.25, 0.3) is 11.8 Å². The molecule has 1 aromatic carbocycles. The van der Waals surface area contributed by atoms with Crippen LogP contribution in [0.25, 0.3) is 0 Å². The minimum Gasteiger partial charge on any atom is -0.378 e. The average molecular weight is 425 g/mol. The lowest BCUT2D eigenvalue weighted by Gasteiger charge is -2.27. The van der Waals surface area contributed by atoms with E-state index in [4.69, 9.17) is 24.3 Å². The molecule has 0 spiro atoms. The Morgan fingerprint density at radius 2 is 2.00 bits per heavy atom. The van der Waals surface area contributed by atoms with Gasteiger partial charge in [-0.1, -0.05) is 60.1 Å². The molecular formula is C21H22BClN4O3. The van der Waals surface area contributed by atoms with Crippen LogP contribution in [0.3, 0.4) is 0 Å². The number of oxime groups is 1. The highest BCUT2D eigenvalue weighted by molar-refractivity contribution is 6.29. The molecule has 1 aliphatic heterocycles. The molecule has 2 amide bonds. The molecule has 1 unspecified atom stereocenters. The van der Waals surface area contributed by atoms with Crippen molar-refractivity contribution in [3.63, 3.8) is 0 Å². The van der Waals surface area contributed by atoms with Crippen molar-refractivity contribution in [3.05, 3.63) is 64.9 Å². The van der Waals surface area contributed by atoms with Crippen molar-refractivity contribution in [2.45, 2.75) is 37.7 Å². The van der Waals surface area contributed by atoms with Gasteiger partial charge in [-0.25, -0.2) is 4.98 Å². The molecule has 0 saturated carbocycles. The predicted octanol–water partition coefficient (Wildman–Crippen LogP) is 2.24. The van der Waals surface area contributed by atoms with Gasteiger partial charge in [0.05, 0.1) is 20.1 Å². The van der Waals surface area contributed by atoms with Gasteiger partial charge in [0.15, 0.2) is 0 Å². The zero-order valence-electron chi connectivity index (χ0n) is 16.6. The SMILES string of the molecule is [B][C@H](CC)NC(=O)C1(Cc2ccccc2)CC(CNC(=O)c2cccc(Cl)n2)=NO1. The first-order chi connectivity index (χ1) is 14.4. The van der Waals surface area contributed by atoms with Gasteiger partial charge in [-0.15, -0.1) is 0 Å². The summed E-state index contributed by atoms with van der Waals surface area (Å²) < 4.78 is 0. The second-order valence-electron chi connectivity index (χ2n) is 7.10. The van der Waals surface area contributed by atoms with Crippen LogP contribution in [-0.2, 0) is 16.1 Å². The molecule has 0 fully saturated rings. The van der Waals surface area contributed by atoms with Crippen LogP contribution < -0.4 is 10.6 Å². The number of aromatic nitrogens is 1. The van der Waals surface area contributed by atoms with E-state index in [0.717, 1.165) is 5.56 Å². The lowest BCUT2D eigenvalue weighted by Crippen LogP contribution is -2.52. The minimum absolute atomic E-state index is 0.122. The summed E-state index contributed by atoms with van der Waals surface area (Å²) >= 11 is 5.83. The maximum atomic E-state index is 13.0. The molecule has 154 valence electrons. The number of carbonyl (C=O) groups is 2. The van der Waals surface area contributed by atoms with Gasteiger partial charge in [0.1, 0.15) is 10.8 Å². The number of hydrogen-bond donors (Lipinski definition) is 2. The second-order valence-corrected chi connectivity index (χ2v) is 7.49. The van der Waals surface area contributed by atoms with Crippen molar-refractivity contribution < 1.29 is 14.4 Å². The molecule has 2 radical (unpaired) electrons.